The fourth-order valence-electron chi connectivity index (χ4n) is 3.35. The van der Waals surface area contributed by atoms with Crippen molar-refractivity contribution in [3.63, 3.8) is 0 Å². The molecule has 2 aromatic carbocycles. The average Bonchev–Trinajstić information content (AvgIpc) is 2.79. The van der Waals surface area contributed by atoms with E-state index in [-0.39, 0.29) is 18.4 Å². The fourth-order valence-corrected chi connectivity index (χ4v) is 3.65. The third-order valence-electron chi connectivity index (χ3n) is 4.97. The van der Waals surface area contributed by atoms with Crippen LogP contribution in [0, 0.1) is 5.92 Å². The molecule has 3 amide bonds. The molecule has 1 atom stereocenters. The van der Waals surface area contributed by atoms with Crippen LogP contribution in [-0.2, 0) is 4.79 Å². The van der Waals surface area contributed by atoms with Gasteiger partial charge in [-0.2, -0.15) is 0 Å². The molecule has 0 saturated carbocycles. The van der Waals surface area contributed by atoms with Gasteiger partial charge in [-0.25, -0.2) is 0 Å². The van der Waals surface area contributed by atoms with Gasteiger partial charge in [0.2, 0.25) is 5.91 Å². The van der Waals surface area contributed by atoms with Gasteiger partial charge >= 0.3 is 0 Å². The molecule has 0 aliphatic carbocycles. The topological polar surface area (TPSA) is 87.7 Å². The Kier molecular flexibility index (Phi) is 7.76. The minimum absolute atomic E-state index is 0.213. The molecular formula is C22H23Cl2N3O4. The summed E-state index contributed by atoms with van der Waals surface area (Å²) >= 11 is 11.9. The highest BCUT2D eigenvalue weighted by Gasteiger charge is 2.29. The SMILES string of the molecule is CCOc1ccc(C(=O)NNC(=O)C2CCCN(C(=O)c3ccc(Cl)c(Cl)c3)C2)cc1. The number of ether oxygens (including phenoxy) is 1. The van der Waals surface area contributed by atoms with Gasteiger partial charge in [0, 0.05) is 24.2 Å². The summed E-state index contributed by atoms with van der Waals surface area (Å²) in [4.78, 5) is 39.2. The van der Waals surface area contributed by atoms with Crippen molar-refractivity contribution in [3.8, 4) is 5.75 Å². The van der Waals surface area contributed by atoms with Gasteiger partial charge in [-0.1, -0.05) is 23.2 Å². The number of hydrogen-bond acceptors (Lipinski definition) is 4. The third-order valence-corrected chi connectivity index (χ3v) is 5.71. The van der Waals surface area contributed by atoms with Crippen molar-refractivity contribution in [2.24, 2.45) is 5.92 Å². The van der Waals surface area contributed by atoms with Crippen molar-refractivity contribution >= 4 is 40.9 Å². The molecule has 1 fully saturated rings. The number of piperidine rings is 1. The van der Waals surface area contributed by atoms with E-state index in [0.29, 0.717) is 52.9 Å². The smallest absolute Gasteiger partial charge is 0.269 e. The summed E-state index contributed by atoms with van der Waals surface area (Å²) in [5.41, 5.74) is 5.69. The van der Waals surface area contributed by atoms with Gasteiger partial charge in [-0.15, -0.1) is 0 Å². The molecule has 1 heterocycles. The second-order valence-electron chi connectivity index (χ2n) is 7.12. The molecule has 7 nitrogen and oxygen atoms in total. The predicted octanol–water partition coefficient (Wildman–Crippen LogP) is 3.71. The third kappa shape index (κ3) is 5.89. The Hall–Kier alpha value is -2.77. The summed E-state index contributed by atoms with van der Waals surface area (Å²) in [5.74, 6) is -0.755. The van der Waals surface area contributed by atoms with Crippen LogP contribution < -0.4 is 15.6 Å². The first kappa shape index (κ1) is 22.9. The second kappa shape index (κ2) is 10.5. The number of benzene rings is 2. The molecule has 1 aliphatic rings. The lowest BCUT2D eigenvalue weighted by atomic mass is 9.96. The maximum absolute atomic E-state index is 12.8. The maximum Gasteiger partial charge on any atom is 0.269 e. The number of hydrogen-bond donors (Lipinski definition) is 2. The lowest BCUT2D eigenvalue weighted by Crippen LogP contribution is -2.50. The number of likely N-dealkylation sites (tertiary alicyclic amines) is 1. The van der Waals surface area contributed by atoms with Gasteiger partial charge in [-0.3, -0.25) is 25.2 Å². The number of carbonyl (C=O) groups excluding carboxylic acids is 3. The summed E-state index contributed by atoms with van der Waals surface area (Å²) in [6.07, 6.45) is 1.30. The normalized spacial score (nSPS) is 15.8. The Morgan fingerprint density at radius 2 is 1.74 bits per heavy atom. The molecule has 1 aliphatic heterocycles. The van der Waals surface area contributed by atoms with E-state index in [2.05, 4.69) is 10.9 Å². The molecule has 0 aromatic heterocycles. The Morgan fingerprint density at radius 1 is 1.03 bits per heavy atom. The zero-order chi connectivity index (χ0) is 22.4. The zero-order valence-corrected chi connectivity index (χ0v) is 18.5. The lowest BCUT2D eigenvalue weighted by molar-refractivity contribution is -0.127. The summed E-state index contributed by atoms with van der Waals surface area (Å²) in [6.45, 7) is 3.21. The Morgan fingerprint density at radius 3 is 2.42 bits per heavy atom. The molecule has 0 spiro atoms. The number of nitrogens with one attached hydrogen (secondary N) is 2. The van der Waals surface area contributed by atoms with E-state index in [0.717, 1.165) is 0 Å². The number of rotatable bonds is 5. The van der Waals surface area contributed by atoms with Crippen LogP contribution in [-0.4, -0.2) is 42.3 Å². The molecule has 31 heavy (non-hydrogen) atoms. The van der Waals surface area contributed by atoms with Crippen molar-refractivity contribution in [2.75, 3.05) is 19.7 Å². The van der Waals surface area contributed by atoms with Crippen LogP contribution in [0.5, 0.6) is 5.75 Å². The number of carbonyl (C=O) groups is 3. The first-order valence-electron chi connectivity index (χ1n) is 9.96. The predicted molar refractivity (Wildman–Crippen MR) is 118 cm³/mol. The Labute approximate surface area is 190 Å². The highest BCUT2D eigenvalue weighted by molar-refractivity contribution is 6.42. The van der Waals surface area contributed by atoms with Crippen LogP contribution in [0.1, 0.15) is 40.5 Å². The van der Waals surface area contributed by atoms with Gasteiger partial charge in [-0.05, 0) is 62.2 Å². The van der Waals surface area contributed by atoms with Crippen LogP contribution >= 0.6 is 23.2 Å². The van der Waals surface area contributed by atoms with Crippen LogP contribution in [0.2, 0.25) is 10.0 Å². The van der Waals surface area contributed by atoms with Gasteiger partial charge in [0.05, 0.1) is 22.6 Å². The van der Waals surface area contributed by atoms with Gasteiger partial charge in [0.1, 0.15) is 5.75 Å². The molecule has 1 unspecified atom stereocenters. The first-order chi connectivity index (χ1) is 14.9. The standard InChI is InChI=1S/C22H23Cl2N3O4/c1-2-31-17-8-5-14(6-9-17)20(28)25-26-21(29)16-4-3-11-27(13-16)22(30)15-7-10-18(23)19(24)12-15/h5-10,12,16H,2-4,11,13H2,1H3,(H,25,28)(H,26,29). The van der Waals surface area contributed by atoms with Gasteiger partial charge in [0.25, 0.3) is 11.8 Å². The van der Waals surface area contributed by atoms with Crippen molar-refractivity contribution in [2.45, 2.75) is 19.8 Å². The first-order valence-corrected chi connectivity index (χ1v) is 10.7. The van der Waals surface area contributed by atoms with E-state index in [4.69, 9.17) is 27.9 Å². The number of hydrazine groups is 1. The van der Waals surface area contributed by atoms with Crippen molar-refractivity contribution in [1.29, 1.82) is 0 Å². The number of amides is 3. The number of nitrogens with zero attached hydrogens (tertiary/aromatic N) is 1. The van der Waals surface area contributed by atoms with Crippen molar-refractivity contribution in [1.82, 2.24) is 15.8 Å². The van der Waals surface area contributed by atoms with E-state index in [1.165, 1.54) is 6.07 Å². The molecule has 164 valence electrons. The van der Waals surface area contributed by atoms with E-state index in [1.54, 1.807) is 41.3 Å². The Bertz CT molecular complexity index is 966. The minimum Gasteiger partial charge on any atom is -0.494 e. The summed E-state index contributed by atoms with van der Waals surface area (Å²) in [5, 5.41) is 0.674. The van der Waals surface area contributed by atoms with Crippen LogP contribution in [0.15, 0.2) is 42.5 Å². The van der Waals surface area contributed by atoms with Gasteiger partial charge in [0.15, 0.2) is 0 Å². The molecule has 0 radical (unpaired) electrons. The lowest BCUT2D eigenvalue weighted by Gasteiger charge is -2.32. The highest BCUT2D eigenvalue weighted by atomic mass is 35.5. The van der Waals surface area contributed by atoms with E-state index < -0.39 is 11.8 Å². The molecule has 9 heteroatoms. The number of halogens is 2. The Balaban J connectivity index is 1.54. The van der Waals surface area contributed by atoms with Crippen molar-refractivity contribution in [3.05, 3.63) is 63.6 Å². The van der Waals surface area contributed by atoms with Crippen LogP contribution in [0.25, 0.3) is 0 Å². The molecular weight excluding hydrogens is 441 g/mol. The van der Waals surface area contributed by atoms with E-state index >= 15 is 0 Å². The zero-order valence-electron chi connectivity index (χ0n) is 17.0. The summed E-state index contributed by atoms with van der Waals surface area (Å²) in [7, 11) is 0. The maximum atomic E-state index is 12.8. The van der Waals surface area contributed by atoms with Gasteiger partial charge < -0.3 is 9.64 Å². The highest BCUT2D eigenvalue weighted by Crippen LogP contribution is 2.25. The molecule has 2 aromatic rings. The second-order valence-corrected chi connectivity index (χ2v) is 7.93. The summed E-state index contributed by atoms with van der Waals surface area (Å²) in [6, 6.07) is 11.3. The largest absolute Gasteiger partial charge is 0.494 e. The molecule has 3 rings (SSSR count). The molecule has 1 saturated heterocycles. The quantitative estimate of drug-likeness (QED) is 0.661. The monoisotopic (exact) mass is 463 g/mol. The average molecular weight is 464 g/mol. The summed E-state index contributed by atoms with van der Waals surface area (Å²) < 4.78 is 5.34. The molecule has 2 N–H and O–H groups in total. The molecule has 0 bridgehead atoms. The minimum atomic E-state index is -0.434. The van der Waals surface area contributed by atoms with E-state index in [1.807, 2.05) is 6.92 Å². The fraction of sp³-hybridized carbons (Fsp3) is 0.318. The van der Waals surface area contributed by atoms with E-state index in [9.17, 15) is 14.4 Å². The van der Waals surface area contributed by atoms with Crippen LogP contribution in [0.3, 0.4) is 0 Å². The van der Waals surface area contributed by atoms with Crippen molar-refractivity contribution < 1.29 is 19.1 Å². The van der Waals surface area contributed by atoms with Crippen LogP contribution in [0.4, 0.5) is 0 Å².